The molecule has 1 amide bonds. The highest BCUT2D eigenvalue weighted by Gasteiger charge is 2.36. The van der Waals surface area contributed by atoms with Crippen LogP contribution in [0.4, 0.5) is 4.39 Å². The Morgan fingerprint density at radius 1 is 1.45 bits per heavy atom. The average molecular weight is 308 g/mol. The van der Waals surface area contributed by atoms with E-state index < -0.39 is 5.60 Å². The number of likely N-dealkylation sites (tertiary alicyclic amines) is 1. The van der Waals surface area contributed by atoms with Crippen LogP contribution in [-0.4, -0.2) is 52.6 Å². The van der Waals surface area contributed by atoms with Crippen molar-refractivity contribution < 1.29 is 14.3 Å². The van der Waals surface area contributed by atoms with E-state index in [1.165, 1.54) is 11.0 Å². The molecule has 0 radical (unpaired) electrons. The van der Waals surface area contributed by atoms with E-state index in [1.807, 2.05) is 4.90 Å². The summed E-state index contributed by atoms with van der Waals surface area (Å²) in [6, 6.07) is 6.49. The lowest BCUT2D eigenvalue weighted by Crippen LogP contribution is -2.49. The summed E-state index contributed by atoms with van der Waals surface area (Å²) in [5.74, 6) is -0.350. The SMILES string of the molecule is CN(Cc1ccccc1F)C(=O)CN1CCC[C@H]1C(C)(C)O. The van der Waals surface area contributed by atoms with E-state index in [9.17, 15) is 14.3 Å². The van der Waals surface area contributed by atoms with Crippen LogP contribution in [0, 0.1) is 5.82 Å². The second-order valence-corrected chi connectivity index (χ2v) is 6.62. The van der Waals surface area contributed by atoms with Crippen LogP contribution in [-0.2, 0) is 11.3 Å². The molecule has 0 spiro atoms. The highest BCUT2D eigenvalue weighted by atomic mass is 19.1. The number of amides is 1. The highest BCUT2D eigenvalue weighted by Crippen LogP contribution is 2.26. The zero-order valence-electron chi connectivity index (χ0n) is 13.6. The standard InChI is InChI=1S/C17H25FN2O2/c1-17(2,22)15-9-6-10-20(15)12-16(21)19(3)11-13-7-4-5-8-14(13)18/h4-5,7-8,15,22H,6,9-12H2,1-3H3/t15-/m0/s1. The van der Waals surface area contributed by atoms with Crippen molar-refractivity contribution in [1.29, 1.82) is 0 Å². The van der Waals surface area contributed by atoms with Gasteiger partial charge >= 0.3 is 0 Å². The lowest BCUT2D eigenvalue weighted by Gasteiger charge is -2.34. The Hall–Kier alpha value is -1.46. The molecule has 22 heavy (non-hydrogen) atoms. The molecule has 1 aliphatic rings. The zero-order valence-corrected chi connectivity index (χ0v) is 13.6. The Balaban J connectivity index is 1.95. The molecule has 0 bridgehead atoms. The van der Waals surface area contributed by atoms with Crippen LogP contribution in [0.5, 0.6) is 0 Å². The maximum absolute atomic E-state index is 13.7. The van der Waals surface area contributed by atoms with Gasteiger partial charge in [0.05, 0.1) is 12.1 Å². The summed E-state index contributed by atoms with van der Waals surface area (Å²) in [6.07, 6.45) is 1.88. The molecule has 1 aliphatic heterocycles. The van der Waals surface area contributed by atoms with Crippen LogP contribution in [0.3, 0.4) is 0 Å². The molecule has 4 nitrogen and oxygen atoms in total. The molecular weight excluding hydrogens is 283 g/mol. The van der Waals surface area contributed by atoms with Crippen LogP contribution >= 0.6 is 0 Å². The second-order valence-electron chi connectivity index (χ2n) is 6.62. The molecule has 2 rings (SSSR count). The Labute approximate surface area is 131 Å². The van der Waals surface area contributed by atoms with E-state index in [0.717, 1.165) is 19.4 Å². The number of carbonyl (C=O) groups is 1. The monoisotopic (exact) mass is 308 g/mol. The van der Waals surface area contributed by atoms with E-state index in [-0.39, 0.29) is 30.9 Å². The van der Waals surface area contributed by atoms with Gasteiger partial charge in [0.1, 0.15) is 5.82 Å². The molecule has 0 unspecified atom stereocenters. The minimum atomic E-state index is -0.819. The molecule has 1 saturated heterocycles. The van der Waals surface area contributed by atoms with E-state index in [0.29, 0.717) is 5.56 Å². The fourth-order valence-corrected chi connectivity index (χ4v) is 3.08. The number of hydrogen-bond donors (Lipinski definition) is 1. The van der Waals surface area contributed by atoms with Gasteiger partial charge in [-0.15, -0.1) is 0 Å². The third kappa shape index (κ3) is 4.05. The summed E-state index contributed by atoms with van der Waals surface area (Å²) < 4.78 is 13.7. The molecule has 1 fully saturated rings. The van der Waals surface area contributed by atoms with Gasteiger partial charge in [0.25, 0.3) is 0 Å². The fraction of sp³-hybridized carbons (Fsp3) is 0.588. The van der Waals surface area contributed by atoms with Crippen molar-refractivity contribution in [2.24, 2.45) is 0 Å². The average Bonchev–Trinajstić information content (AvgIpc) is 2.89. The molecule has 1 atom stereocenters. The first-order valence-corrected chi connectivity index (χ1v) is 7.73. The molecule has 5 heteroatoms. The lowest BCUT2D eigenvalue weighted by atomic mass is 9.97. The van der Waals surface area contributed by atoms with Gasteiger partial charge in [0, 0.05) is 25.2 Å². The largest absolute Gasteiger partial charge is 0.389 e. The predicted molar refractivity (Wildman–Crippen MR) is 83.8 cm³/mol. The van der Waals surface area contributed by atoms with Gasteiger partial charge in [-0.3, -0.25) is 9.69 Å². The molecule has 1 aromatic carbocycles. The predicted octanol–water partition coefficient (Wildman–Crippen LogP) is 2.02. The number of nitrogens with zero attached hydrogens (tertiary/aromatic N) is 2. The highest BCUT2D eigenvalue weighted by molar-refractivity contribution is 5.78. The number of benzene rings is 1. The number of carbonyl (C=O) groups excluding carboxylic acids is 1. The van der Waals surface area contributed by atoms with Crippen molar-refractivity contribution in [3.63, 3.8) is 0 Å². The van der Waals surface area contributed by atoms with Crippen molar-refractivity contribution in [3.8, 4) is 0 Å². The maximum atomic E-state index is 13.7. The van der Waals surface area contributed by atoms with Gasteiger partial charge in [0.15, 0.2) is 0 Å². The third-order valence-electron chi connectivity index (χ3n) is 4.31. The second kappa shape index (κ2) is 6.75. The van der Waals surface area contributed by atoms with Crippen LogP contribution in [0.2, 0.25) is 0 Å². The van der Waals surface area contributed by atoms with E-state index >= 15 is 0 Å². The van der Waals surface area contributed by atoms with Crippen molar-refractivity contribution in [2.75, 3.05) is 20.1 Å². The maximum Gasteiger partial charge on any atom is 0.236 e. The fourth-order valence-electron chi connectivity index (χ4n) is 3.08. The Bertz CT molecular complexity index is 528. The van der Waals surface area contributed by atoms with Gasteiger partial charge in [-0.2, -0.15) is 0 Å². The summed E-state index contributed by atoms with van der Waals surface area (Å²) >= 11 is 0. The topological polar surface area (TPSA) is 43.8 Å². The first-order chi connectivity index (χ1) is 10.3. The van der Waals surface area contributed by atoms with E-state index in [2.05, 4.69) is 0 Å². The summed E-state index contributed by atoms with van der Waals surface area (Å²) in [6.45, 7) is 4.90. The van der Waals surface area contributed by atoms with Crippen molar-refractivity contribution in [1.82, 2.24) is 9.80 Å². The number of halogens is 1. The van der Waals surface area contributed by atoms with Crippen LogP contribution in [0.15, 0.2) is 24.3 Å². The number of likely N-dealkylation sites (N-methyl/N-ethyl adjacent to an activating group) is 1. The summed E-state index contributed by atoms with van der Waals surface area (Å²) in [5, 5.41) is 10.2. The van der Waals surface area contributed by atoms with Crippen molar-refractivity contribution in [3.05, 3.63) is 35.6 Å². The molecule has 1 heterocycles. The first kappa shape index (κ1) is 16.9. The molecule has 122 valence electrons. The molecule has 0 saturated carbocycles. The van der Waals surface area contributed by atoms with Crippen LogP contribution in [0.1, 0.15) is 32.3 Å². The zero-order chi connectivity index (χ0) is 16.3. The molecule has 1 N–H and O–H groups in total. The molecule has 0 aliphatic carbocycles. The van der Waals surface area contributed by atoms with E-state index in [4.69, 9.17) is 0 Å². The Kier molecular flexibility index (Phi) is 5.19. The lowest BCUT2D eigenvalue weighted by molar-refractivity contribution is -0.133. The van der Waals surface area contributed by atoms with Gasteiger partial charge in [0.2, 0.25) is 5.91 Å². The smallest absolute Gasteiger partial charge is 0.236 e. The quantitative estimate of drug-likeness (QED) is 0.905. The van der Waals surface area contributed by atoms with E-state index in [1.54, 1.807) is 39.1 Å². The number of hydrogen-bond acceptors (Lipinski definition) is 3. The summed E-state index contributed by atoms with van der Waals surface area (Å²) in [7, 11) is 1.68. The minimum absolute atomic E-state index is 0.00156. The van der Waals surface area contributed by atoms with Crippen LogP contribution < -0.4 is 0 Å². The number of aliphatic hydroxyl groups is 1. The molecule has 0 aromatic heterocycles. The summed E-state index contributed by atoms with van der Waals surface area (Å²) in [4.78, 5) is 15.9. The number of rotatable bonds is 5. The molecular formula is C17H25FN2O2. The van der Waals surface area contributed by atoms with Crippen molar-refractivity contribution >= 4 is 5.91 Å². The van der Waals surface area contributed by atoms with Gasteiger partial charge in [-0.25, -0.2) is 4.39 Å². The van der Waals surface area contributed by atoms with Gasteiger partial charge < -0.3 is 10.0 Å². The Morgan fingerprint density at radius 2 is 2.14 bits per heavy atom. The Morgan fingerprint density at radius 3 is 2.77 bits per heavy atom. The van der Waals surface area contributed by atoms with Crippen LogP contribution in [0.25, 0.3) is 0 Å². The minimum Gasteiger partial charge on any atom is -0.389 e. The summed E-state index contributed by atoms with van der Waals surface area (Å²) in [5.41, 5.74) is -0.306. The van der Waals surface area contributed by atoms with Crippen molar-refractivity contribution in [2.45, 2.75) is 44.9 Å². The normalized spacial score (nSPS) is 19.4. The van der Waals surface area contributed by atoms with Gasteiger partial charge in [-0.05, 0) is 39.3 Å². The first-order valence-electron chi connectivity index (χ1n) is 7.73. The van der Waals surface area contributed by atoms with Gasteiger partial charge in [-0.1, -0.05) is 18.2 Å². The third-order valence-corrected chi connectivity index (χ3v) is 4.31. The molecule has 1 aromatic rings.